The quantitative estimate of drug-likeness (QED) is 0.879. The Kier molecular flexibility index (Phi) is 3.58. The zero-order valence-corrected chi connectivity index (χ0v) is 12.3. The van der Waals surface area contributed by atoms with Crippen LogP contribution in [0.3, 0.4) is 0 Å². The summed E-state index contributed by atoms with van der Waals surface area (Å²) >= 11 is 0. The maximum Gasteiger partial charge on any atom is 0.307 e. The number of aliphatic carboxylic acids is 1. The molecule has 0 spiro atoms. The number of anilines is 1. The molecule has 0 saturated heterocycles. The van der Waals surface area contributed by atoms with Crippen molar-refractivity contribution in [3.05, 3.63) is 54.4 Å². The largest absolute Gasteiger partial charge is 0.481 e. The van der Waals surface area contributed by atoms with E-state index in [0.29, 0.717) is 12.1 Å². The van der Waals surface area contributed by atoms with Crippen molar-refractivity contribution in [2.45, 2.75) is 17.2 Å². The van der Waals surface area contributed by atoms with Crippen LogP contribution in [0.4, 0.5) is 5.69 Å². The predicted molar refractivity (Wildman–Crippen MR) is 80.0 cm³/mol. The highest BCUT2D eigenvalue weighted by molar-refractivity contribution is 7.92. The molecule has 22 heavy (non-hydrogen) atoms. The number of hydrogen-bond acceptors (Lipinski definition) is 4. The molecule has 2 unspecified atom stereocenters. The molecular formula is C15H14N2O4S. The number of aromatic nitrogens is 1. The normalized spacial score (nSPS) is 20.4. The van der Waals surface area contributed by atoms with Crippen LogP contribution in [-0.4, -0.2) is 24.5 Å². The van der Waals surface area contributed by atoms with Crippen molar-refractivity contribution in [1.82, 2.24) is 4.98 Å². The van der Waals surface area contributed by atoms with Gasteiger partial charge in [-0.15, -0.1) is 0 Å². The van der Waals surface area contributed by atoms with E-state index in [1.54, 1.807) is 24.3 Å². The summed E-state index contributed by atoms with van der Waals surface area (Å²) in [5.41, 5.74) is 1.25. The van der Waals surface area contributed by atoms with Gasteiger partial charge in [-0.2, -0.15) is 0 Å². The standard InChI is InChI=1S/C15H14N2O4S/c18-15(19)14-8-13(14)10-3-1-4-11(7-10)17-22(20,21)12-5-2-6-16-9-12/h1-7,9,13-14,17H,8H2,(H,18,19). The third kappa shape index (κ3) is 2.94. The van der Waals surface area contributed by atoms with Crippen LogP contribution >= 0.6 is 0 Å². The molecule has 0 bridgehead atoms. The number of carboxylic acid groups (broad SMARTS) is 1. The van der Waals surface area contributed by atoms with Gasteiger partial charge in [0.05, 0.1) is 5.92 Å². The predicted octanol–water partition coefficient (Wildman–Crippen LogP) is 2.07. The first-order valence-corrected chi connectivity index (χ1v) is 8.21. The first kappa shape index (κ1) is 14.5. The average Bonchev–Trinajstić information content (AvgIpc) is 3.29. The molecule has 6 nitrogen and oxygen atoms in total. The summed E-state index contributed by atoms with van der Waals surface area (Å²) in [6.07, 6.45) is 3.36. The lowest BCUT2D eigenvalue weighted by Gasteiger charge is -2.09. The van der Waals surface area contributed by atoms with Crippen LogP contribution in [0.15, 0.2) is 53.7 Å². The van der Waals surface area contributed by atoms with Crippen LogP contribution in [0.2, 0.25) is 0 Å². The highest BCUT2D eigenvalue weighted by Gasteiger charge is 2.44. The summed E-state index contributed by atoms with van der Waals surface area (Å²) in [6, 6.07) is 9.85. The Labute approximate surface area is 127 Å². The molecule has 114 valence electrons. The van der Waals surface area contributed by atoms with Gasteiger partial charge in [0.1, 0.15) is 4.90 Å². The molecular weight excluding hydrogens is 304 g/mol. The lowest BCUT2D eigenvalue weighted by atomic mass is 10.1. The molecule has 2 N–H and O–H groups in total. The highest BCUT2D eigenvalue weighted by atomic mass is 32.2. The van der Waals surface area contributed by atoms with Gasteiger partial charge < -0.3 is 5.11 Å². The fourth-order valence-electron chi connectivity index (χ4n) is 2.39. The number of carbonyl (C=O) groups is 1. The topological polar surface area (TPSA) is 96.4 Å². The van der Waals surface area contributed by atoms with Gasteiger partial charge in [0, 0.05) is 18.1 Å². The lowest BCUT2D eigenvalue weighted by molar-refractivity contribution is -0.138. The Morgan fingerprint density at radius 1 is 1.27 bits per heavy atom. The summed E-state index contributed by atoms with van der Waals surface area (Å²) < 4.78 is 26.9. The summed E-state index contributed by atoms with van der Waals surface area (Å²) in [5, 5.41) is 8.97. The fourth-order valence-corrected chi connectivity index (χ4v) is 3.40. The summed E-state index contributed by atoms with van der Waals surface area (Å²) in [6.45, 7) is 0. The zero-order valence-electron chi connectivity index (χ0n) is 11.5. The summed E-state index contributed by atoms with van der Waals surface area (Å²) in [7, 11) is -3.69. The van der Waals surface area contributed by atoms with Crippen molar-refractivity contribution in [1.29, 1.82) is 0 Å². The molecule has 1 aliphatic carbocycles. The first-order chi connectivity index (χ1) is 10.5. The van der Waals surface area contributed by atoms with Crippen molar-refractivity contribution < 1.29 is 18.3 Å². The molecule has 1 aliphatic rings. The number of carboxylic acids is 1. The third-order valence-electron chi connectivity index (χ3n) is 3.62. The van der Waals surface area contributed by atoms with Crippen LogP contribution in [0, 0.1) is 5.92 Å². The molecule has 0 aliphatic heterocycles. The molecule has 1 aromatic carbocycles. The number of rotatable bonds is 5. The minimum atomic E-state index is -3.69. The number of hydrogen-bond donors (Lipinski definition) is 2. The number of pyridine rings is 1. The number of sulfonamides is 1. The smallest absolute Gasteiger partial charge is 0.307 e. The Morgan fingerprint density at radius 2 is 2.09 bits per heavy atom. The van der Waals surface area contributed by atoms with Gasteiger partial charge in [0.2, 0.25) is 0 Å². The van der Waals surface area contributed by atoms with Crippen LogP contribution in [0.25, 0.3) is 0 Å². The minimum Gasteiger partial charge on any atom is -0.481 e. The first-order valence-electron chi connectivity index (χ1n) is 6.73. The third-order valence-corrected chi connectivity index (χ3v) is 4.99. The maximum absolute atomic E-state index is 12.2. The molecule has 1 saturated carbocycles. The van der Waals surface area contributed by atoms with Crippen molar-refractivity contribution in [3.63, 3.8) is 0 Å². The summed E-state index contributed by atoms with van der Waals surface area (Å²) in [4.78, 5) is 14.8. The van der Waals surface area contributed by atoms with Crippen LogP contribution in [0.1, 0.15) is 17.9 Å². The highest BCUT2D eigenvalue weighted by Crippen LogP contribution is 2.47. The van der Waals surface area contributed by atoms with Gasteiger partial charge in [-0.05, 0) is 42.2 Å². The van der Waals surface area contributed by atoms with E-state index >= 15 is 0 Å². The van der Waals surface area contributed by atoms with Crippen molar-refractivity contribution in [2.75, 3.05) is 4.72 Å². The number of benzene rings is 1. The molecule has 3 rings (SSSR count). The van der Waals surface area contributed by atoms with Crippen molar-refractivity contribution in [2.24, 2.45) is 5.92 Å². The Bertz CT molecular complexity index is 805. The Balaban J connectivity index is 1.81. The van der Waals surface area contributed by atoms with Crippen molar-refractivity contribution in [3.8, 4) is 0 Å². The van der Waals surface area contributed by atoms with Gasteiger partial charge in [0.25, 0.3) is 10.0 Å². The molecule has 1 heterocycles. The second-order valence-corrected chi connectivity index (χ2v) is 6.89. The number of nitrogens with zero attached hydrogens (tertiary/aromatic N) is 1. The monoisotopic (exact) mass is 318 g/mol. The van der Waals surface area contributed by atoms with Gasteiger partial charge >= 0.3 is 5.97 Å². The molecule has 0 radical (unpaired) electrons. The van der Waals surface area contributed by atoms with Gasteiger partial charge in [-0.1, -0.05) is 12.1 Å². The molecule has 1 aromatic heterocycles. The van der Waals surface area contributed by atoms with E-state index in [0.717, 1.165) is 5.56 Å². The molecule has 2 aromatic rings. The van der Waals surface area contributed by atoms with Gasteiger partial charge in [-0.3, -0.25) is 14.5 Å². The van der Waals surface area contributed by atoms with E-state index in [9.17, 15) is 13.2 Å². The van der Waals surface area contributed by atoms with Crippen LogP contribution in [0.5, 0.6) is 0 Å². The van der Waals surface area contributed by atoms with E-state index in [1.165, 1.54) is 18.5 Å². The van der Waals surface area contributed by atoms with Crippen molar-refractivity contribution >= 4 is 21.7 Å². The SMILES string of the molecule is O=C(O)C1CC1c1cccc(NS(=O)(=O)c2cccnc2)c1. The Hall–Kier alpha value is -2.41. The fraction of sp³-hybridized carbons (Fsp3) is 0.200. The molecule has 0 amide bonds. The molecule has 2 atom stereocenters. The van der Waals surface area contributed by atoms with Crippen LogP contribution in [-0.2, 0) is 14.8 Å². The Morgan fingerprint density at radius 3 is 2.73 bits per heavy atom. The van der Waals surface area contributed by atoms with E-state index < -0.39 is 16.0 Å². The van der Waals surface area contributed by atoms with Gasteiger partial charge in [-0.25, -0.2) is 8.42 Å². The summed E-state index contributed by atoms with van der Waals surface area (Å²) in [5.74, 6) is -1.23. The zero-order chi connectivity index (χ0) is 15.7. The molecule has 7 heteroatoms. The van der Waals surface area contributed by atoms with E-state index in [4.69, 9.17) is 5.11 Å². The second-order valence-electron chi connectivity index (χ2n) is 5.21. The second kappa shape index (κ2) is 5.42. The minimum absolute atomic E-state index is 0.0413. The van der Waals surface area contributed by atoms with Gasteiger partial charge in [0.15, 0.2) is 0 Å². The lowest BCUT2D eigenvalue weighted by Crippen LogP contribution is -2.13. The molecule has 1 fully saturated rings. The van der Waals surface area contributed by atoms with E-state index in [2.05, 4.69) is 9.71 Å². The van der Waals surface area contributed by atoms with Crippen LogP contribution < -0.4 is 4.72 Å². The van der Waals surface area contributed by atoms with E-state index in [1.807, 2.05) is 6.07 Å². The number of nitrogens with one attached hydrogen (secondary N) is 1. The van der Waals surface area contributed by atoms with E-state index in [-0.39, 0.29) is 16.7 Å². The maximum atomic E-state index is 12.2. The average molecular weight is 318 g/mol.